The highest BCUT2D eigenvalue weighted by molar-refractivity contribution is 7.89. The Labute approximate surface area is 180 Å². The van der Waals surface area contributed by atoms with Crippen molar-refractivity contribution in [2.75, 3.05) is 32.8 Å². The number of carbonyl (C=O) groups is 2. The third-order valence-electron chi connectivity index (χ3n) is 5.63. The molecule has 2 aromatic rings. The van der Waals surface area contributed by atoms with E-state index in [-0.39, 0.29) is 36.3 Å². The number of piperazine rings is 1. The fourth-order valence-corrected chi connectivity index (χ4v) is 5.70. The summed E-state index contributed by atoms with van der Waals surface area (Å²) in [7, 11) is -3.71. The molecule has 1 N–H and O–H groups in total. The van der Waals surface area contributed by atoms with Crippen LogP contribution in [0.5, 0.6) is 0 Å². The van der Waals surface area contributed by atoms with Crippen LogP contribution in [-0.4, -0.2) is 78.5 Å². The van der Waals surface area contributed by atoms with Gasteiger partial charge in [0.1, 0.15) is 16.6 Å². The molecule has 0 saturated carbocycles. The maximum absolute atomic E-state index is 12.9. The van der Waals surface area contributed by atoms with Gasteiger partial charge in [-0.2, -0.15) is 4.31 Å². The zero-order valence-electron chi connectivity index (χ0n) is 17.4. The highest BCUT2D eigenvalue weighted by atomic mass is 32.2. The van der Waals surface area contributed by atoms with Crippen LogP contribution in [0, 0.1) is 13.8 Å². The molecule has 3 amide bonds. The monoisotopic (exact) mass is 447 g/mol. The minimum Gasteiger partial charge on any atom is -0.360 e. The highest BCUT2D eigenvalue weighted by Gasteiger charge is 2.40. The minimum absolute atomic E-state index is 0.110. The number of benzene rings is 1. The molecule has 31 heavy (non-hydrogen) atoms. The number of hydrogen-bond donors (Lipinski definition) is 1. The van der Waals surface area contributed by atoms with Crippen molar-refractivity contribution < 1.29 is 22.5 Å². The normalized spacial score (nSPS) is 21.0. The van der Waals surface area contributed by atoms with Crippen molar-refractivity contribution in [2.24, 2.45) is 0 Å². The Morgan fingerprint density at radius 1 is 1.10 bits per heavy atom. The number of hydrogen-bond acceptors (Lipinski definition) is 7. The van der Waals surface area contributed by atoms with Gasteiger partial charge >= 0.3 is 6.03 Å². The van der Waals surface area contributed by atoms with Crippen LogP contribution in [0.15, 0.2) is 39.8 Å². The minimum atomic E-state index is -3.71. The predicted molar refractivity (Wildman–Crippen MR) is 110 cm³/mol. The number of imide groups is 1. The van der Waals surface area contributed by atoms with Crippen molar-refractivity contribution in [2.45, 2.75) is 31.2 Å². The van der Waals surface area contributed by atoms with Crippen LogP contribution in [-0.2, 0) is 21.2 Å². The van der Waals surface area contributed by atoms with Crippen molar-refractivity contribution in [1.29, 1.82) is 0 Å². The summed E-state index contributed by atoms with van der Waals surface area (Å²) in [6, 6.07) is 8.51. The number of nitrogens with zero attached hydrogens (tertiary/aromatic N) is 4. The number of aryl methyl sites for hydroxylation is 2. The molecule has 3 heterocycles. The molecule has 2 saturated heterocycles. The van der Waals surface area contributed by atoms with Gasteiger partial charge < -0.3 is 9.84 Å². The molecule has 2 aliphatic rings. The summed E-state index contributed by atoms with van der Waals surface area (Å²) < 4.78 is 32.3. The second-order valence-corrected chi connectivity index (χ2v) is 9.65. The Kier molecular flexibility index (Phi) is 5.82. The number of carbonyl (C=O) groups excluding carboxylic acids is 2. The SMILES string of the molecule is Cc1noc(C)c1S(=O)(=O)N1CCN(CN2C(=O)NC(Cc3ccccc3)C2=O)CC1. The molecule has 2 aliphatic heterocycles. The van der Waals surface area contributed by atoms with Gasteiger partial charge in [-0.1, -0.05) is 35.5 Å². The second kappa shape index (κ2) is 8.40. The van der Waals surface area contributed by atoms with Gasteiger partial charge in [-0.05, 0) is 19.4 Å². The van der Waals surface area contributed by atoms with Crippen molar-refractivity contribution in [3.8, 4) is 0 Å². The van der Waals surface area contributed by atoms with Crippen LogP contribution in [0.4, 0.5) is 4.79 Å². The van der Waals surface area contributed by atoms with Crippen LogP contribution < -0.4 is 5.32 Å². The topological polar surface area (TPSA) is 116 Å². The number of sulfonamides is 1. The summed E-state index contributed by atoms with van der Waals surface area (Å²) in [5.41, 5.74) is 1.31. The highest BCUT2D eigenvalue weighted by Crippen LogP contribution is 2.24. The van der Waals surface area contributed by atoms with Gasteiger partial charge in [0.15, 0.2) is 5.76 Å². The van der Waals surface area contributed by atoms with Crippen molar-refractivity contribution in [3.05, 3.63) is 47.3 Å². The van der Waals surface area contributed by atoms with Crippen LogP contribution in [0.1, 0.15) is 17.0 Å². The molecule has 10 nitrogen and oxygen atoms in total. The Hall–Kier alpha value is -2.76. The molecule has 1 aromatic carbocycles. The molecule has 4 rings (SSSR count). The van der Waals surface area contributed by atoms with Crippen molar-refractivity contribution >= 4 is 22.0 Å². The molecule has 2 fully saturated rings. The van der Waals surface area contributed by atoms with E-state index in [4.69, 9.17) is 4.52 Å². The van der Waals surface area contributed by atoms with E-state index in [1.54, 1.807) is 13.8 Å². The molecule has 0 spiro atoms. The molecule has 0 radical (unpaired) electrons. The standard InChI is InChI=1S/C20H25N5O5S/c1-14-18(15(2)30-22-14)31(28,29)24-10-8-23(9-11-24)13-25-19(26)17(21-20(25)27)12-16-6-4-3-5-7-16/h3-7,17H,8-13H2,1-2H3,(H,21,27). The summed E-state index contributed by atoms with van der Waals surface area (Å²) in [6.45, 7) is 4.63. The summed E-state index contributed by atoms with van der Waals surface area (Å²) >= 11 is 0. The Bertz CT molecular complexity index is 1060. The summed E-state index contributed by atoms with van der Waals surface area (Å²) in [6.07, 6.45) is 0.436. The van der Waals surface area contributed by atoms with E-state index in [1.807, 2.05) is 35.2 Å². The van der Waals surface area contributed by atoms with Gasteiger partial charge in [0.05, 0.1) is 6.67 Å². The van der Waals surface area contributed by atoms with Gasteiger partial charge in [-0.15, -0.1) is 0 Å². The van der Waals surface area contributed by atoms with E-state index in [1.165, 1.54) is 9.21 Å². The van der Waals surface area contributed by atoms with Crippen LogP contribution in [0.3, 0.4) is 0 Å². The number of nitrogens with one attached hydrogen (secondary N) is 1. The lowest BCUT2D eigenvalue weighted by atomic mass is 10.1. The largest absolute Gasteiger partial charge is 0.360 e. The average Bonchev–Trinajstić information content (AvgIpc) is 3.22. The molecule has 1 aromatic heterocycles. The predicted octanol–water partition coefficient (Wildman–Crippen LogP) is 0.718. The molecule has 11 heteroatoms. The first kappa shape index (κ1) is 21.5. The quantitative estimate of drug-likeness (QED) is 0.649. The summed E-state index contributed by atoms with van der Waals surface area (Å²) in [5.74, 6) is 0.00310. The molecular weight excluding hydrogens is 422 g/mol. The first-order chi connectivity index (χ1) is 14.8. The van der Waals surface area contributed by atoms with E-state index in [9.17, 15) is 18.0 Å². The second-order valence-electron chi connectivity index (χ2n) is 7.77. The Morgan fingerprint density at radius 3 is 2.39 bits per heavy atom. The fourth-order valence-electron chi connectivity index (χ4n) is 3.98. The number of rotatable bonds is 6. The van der Waals surface area contributed by atoms with Crippen LogP contribution in [0.2, 0.25) is 0 Å². The number of urea groups is 1. The molecule has 1 atom stereocenters. The average molecular weight is 448 g/mol. The lowest BCUT2D eigenvalue weighted by molar-refractivity contribution is -0.129. The first-order valence-corrected chi connectivity index (χ1v) is 11.5. The van der Waals surface area contributed by atoms with Crippen LogP contribution >= 0.6 is 0 Å². The molecule has 166 valence electrons. The fraction of sp³-hybridized carbons (Fsp3) is 0.450. The van der Waals surface area contributed by atoms with Crippen molar-refractivity contribution in [3.63, 3.8) is 0 Å². The third kappa shape index (κ3) is 4.21. The molecule has 1 unspecified atom stereocenters. The third-order valence-corrected chi connectivity index (χ3v) is 7.77. The smallest absolute Gasteiger partial charge is 0.325 e. The van der Waals surface area contributed by atoms with Gasteiger partial charge in [0.2, 0.25) is 10.0 Å². The van der Waals surface area contributed by atoms with E-state index in [0.717, 1.165) is 5.56 Å². The van der Waals surface area contributed by atoms with Crippen molar-refractivity contribution in [1.82, 2.24) is 24.6 Å². The number of amides is 3. The van der Waals surface area contributed by atoms with E-state index >= 15 is 0 Å². The summed E-state index contributed by atoms with van der Waals surface area (Å²) in [4.78, 5) is 28.3. The maximum Gasteiger partial charge on any atom is 0.325 e. The maximum atomic E-state index is 12.9. The Balaban J connectivity index is 1.36. The van der Waals surface area contributed by atoms with Gasteiger partial charge in [0, 0.05) is 32.6 Å². The zero-order chi connectivity index (χ0) is 22.2. The molecule has 0 bridgehead atoms. The molecule has 0 aliphatic carbocycles. The lowest BCUT2D eigenvalue weighted by Gasteiger charge is -2.35. The van der Waals surface area contributed by atoms with E-state index in [2.05, 4.69) is 10.5 Å². The first-order valence-electron chi connectivity index (χ1n) is 10.1. The van der Waals surface area contributed by atoms with Gasteiger partial charge in [0.25, 0.3) is 5.91 Å². The van der Waals surface area contributed by atoms with E-state index in [0.29, 0.717) is 25.2 Å². The van der Waals surface area contributed by atoms with Crippen LogP contribution in [0.25, 0.3) is 0 Å². The lowest BCUT2D eigenvalue weighted by Crippen LogP contribution is -2.52. The summed E-state index contributed by atoms with van der Waals surface area (Å²) in [5, 5.41) is 6.48. The Morgan fingerprint density at radius 2 is 1.77 bits per heavy atom. The zero-order valence-corrected chi connectivity index (χ0v) is 18.3. The number of aromatic nitrogens is 1. The van der Waals surface area contributed by atoms with Gasteiger partial charge in [-0.25, -0.2) is 18.1 Å². The van der Waals surface area contributed by atoms with Gasteiger partial charge in [-0.3, -0.25) is 9.69 Å². The van der Waals surface area contributed by atoms with E-state index < -0.39 is 22.1 Å². The molecular formula is C20H25N5O5S.